The van der Waals surface area contributed by atoms with Gasteiger partial charge in [0.15, 0.2) is 5.96 Å². The van der Waals surface area contributed by atoms with E-state index in [0.29, 0.717) is 23.5 Å². The van der Waals surface area contributed by atoms with Gasteiger partial charge in [0.25, 0.3) is 0 Å². The lowest BCUT2D eigenvalue weighted by atomic mass is 9.46. The maximum Gasteiger partial charge on any atom is 0.194 e. The van der Waals surface area contributed by atoms with E-state index in [9.17, 15) is 0 Å². The van der Waals surface area contributed by atoms with Crippen LogP contribution in [0.15, 0.2) is 47.7 Å². The quantitative estimate of drug-likeness (QED) is 0.626. The molecule has 3 fully saturated rings. The third-order valence-corrected chi connectivity index (χ3v) is 7.07. The zero-order valence-electron chi connectivity index (χ0n) is 17.4. The Morgan fingerprint density at radius 1 is 1.34 bits per heavy atom. The second kappa shape index (κ2) is 7.48. The number of rotatable bonds is 5. The molecule has 1 aromatic heterocycles. The first-order valence-corrected chi connectivity index (χ1v) is 10.9. The zero-order chi connectivity index (χ0) is 19.8. The fourth-order valence-corrected chi connectivity index (χ4v) is 5.53. The number of guanidine groups is 1. The molecule has 6 nitrogen and oxygen atoms in total. The van der Waals surface area contributed by atoms with Crippen molar-refractivity contribution in [2.24, 2.45) is 16.3 Å². The second-order valence-corrected chi connectivity index (χ2v) is 8.74. The van der Waals surface area contributed by atoms with E-state index in [0.717, 1.165) is 31.3 Å². The summed E-state index contributed by atoms with van der Waals surface area (Å²) in [5.74, 6) is 1.65. The van der Waals surface area contributed by atoms with Crippen LogP contribution in [0.5, 0.6) is 0 Å². The topological polar surface area (TPSA) is 54.7 Å². The maximum atomic E-state index is 6.08. The van der Waals surface area contributed by atoms with E-state index in [4.69, 9.17) is 9.73 Å². The summed E-state index contributed by atoms with van der Waals surface area (Å²) in [5, 5.41) is 8.38. The van der Waals surface area contributed by atoms with Gasteiger partial charge in [-0.2, -0.15) is 5.10 Å². The molecule has 3 aliphatic rings. The number of para-hydroxylation sites is 1. The molecule has 154 valence electrons. The molecule has 1 saturated heterocycles. The molecule has 2 aliphatic carbocycles. The fraction of sp³-hybridized carbons (Fsp3) is 0.565. The number of hydrogen-bond acceptors (Lipinski definition) is 3. The predicted molar refractivity (Wildman–Crippen MR) is 114 cm³/mol. The Morgan fingerprint density at radius 3 is 2.90 bits per heavy atom. The van der Waals surface area contributed by atoms with Gasteiger partial charge in [0.05, 0.1) is 18.0 Å². The van der Waals surface area contributed by atoms with Crippen molar-refractivity contribution in [3.05, 3.63) is 48.3 Å². The SMILES string of the molecule is CCN=C(NC1C2CCOC2C12CCC2)N(C)Cc1cnn(-c2ccccc2)c1. The van der Waals surface area contributed by atoms with Gasteiger partial charge in [-0.15, -0.1) is 0 Å². The summed E-state index contributed by atoms with van der Waals surface area (Å²) in [6.07, 6.45) is 9.62. The molecule has 3 unspecified atom stereocenters. The molecular weight excluding hydrogens is 362 g/mol. The van der Waals surface area contributed by atoms with Gasteiger partial charge >= 0.3 is 0 Å². The lowest BCUT2D eigenvalue weighted by Crippen LogP contribution is -2.72. The van der Waals surface area contributed by atoms with E-state index in [1.54, 1.807) is 0 Å². The number of hydrogen-bond donors (Lipinski definition) is 1. The molecule has 3 atom stereocenters. The Hall–Kier alpha value is -2.34. The van der Waals surface area contributed by atoms with Crippen LogP contribution in [0.1, 0.15) is 38.2 Å². The van der Waals surface area contributed by atoms with E-state index in [2.05, 4.69) is 47.6 Å². The van der Waals surface area contributed by atoms with E-state index < -0.39 is 0 Å². The van der Waals surface area contributed by atoms with Crippen molar-refractivity contribution in [1.82, 2.24) is 20.0 Å². The smallest absolute Gasteiger partial charge is 0.194 e. The number of nitrogens with zero attached hydrogens (tertiary/aromatic N) is 4. The Balaban J connectivity index is 1.28. The third kappa shape index (κ3) is 3.14. The van der Waals surface area contributed by atoms with Crippen molar-refractivity contribution in [2.45, 2.75) is 51.3 Å². The molecule has 1 aromatic carbocycles. The van der Waals surface area contributed by atoms with Gasteiger partial charge < -0.3 is 15.0 Å². The number of ether oxygens (including phenoxy) is 1. The fourth-order valence-electron chi connectivity index (χ4n) is 5.53. The maximum absolute atomic E-state index is 6.08. The van der Waals surface area contributed by atoms with Gasteiger partial charge in [0.2, 0.25) is 0 Å². The lowest BCUT2D eigenvalue weighted by molar-refractivity contribution is -0.171. The zero-order valence-corrected chi connectivity index (χ0v) is 17.4. The van der Waals surface area contributed by atoms with Crippen LogP contribution in [0.4, 0.5) is 0 Å². The van der Waals surface area contributed by atoms with Crippen LogP contribution in [0.2, 0.25) is 0 Å². The van der Waals surface area contributed by atoms with Crippen molar-refractivity contribution in [1.29, 1.82) is 0 Å². The highest BCUT2D eigenvalue weighted by atomic mass is 16.5. The largest absolute Gasteiger partial charge is 0.377 e. The minimum absolute atomic E-state index is 0.356. The minimum Gasteiger partial charge on any atom is -0.377 e. The third-order valence-electron chi connectivity index (χ3n) is 7.07. The summed E-state index contributed by atoms with van der Waals surface area (Å²) in [7, 11) is 2.12. The Labute approximate surface area is 173 Å². The standard InChI is InChI=1S/C23H31N5O/c1-3-24-22(26-20-19-10-13-29-21(19)23(20)11-7-12-23)27(2)15-17-14-25-28(16-17)18-8-5-4-6-9-18/h4-6,8-9,14,16,19-21H,3,7,10-13,15H2,1-2H3,(H,24,26). The van der Waals surface area contributed by atoms with Crippen molar-refractivity contribution in [2.75, 3.05) is 20.2 Å². The molecule has 29 heavy (non-hydrogen) atoms. The first-order valence-electron chi connectivity index (χ1n) is 10.9. The minimum atomic E-state index is 0.356. The van der Waals surface area contributed by atoms with Gasteiger partial charge in [0, 0.05) is 55.9 Å². The van der Waals surface area contributed by atoms with Crippen LogP contribution in [0.3, 0.4) is 0 Å². The molecule has 0 radical (unpaired) electrons. The first kappa shape index (κ1) is 18.7. The monoisotopic (exact) mass is 393 g/mol. The molecule has 2 saturated carbocycles. The number of fused-ring (bicyclic) bond motifs is 2. The van der Waals surface area contributed by atoms with Crippen LogP contribution in [-0.2, 0) is 11.3 Å². The van der Waals surface area contributed by atoms with E-state index in [1.165, 1.54) is 31.2 Å². The summed E-state index contributed by atoms with van der Waals surface area (Å²) < 4.78 is 8.01. The summed E-state index contributed by atoms with van der Waals surface area (Å²) in [5.41, 5.74) is 2.61. The van der Waals surface area contributed by atoms with E-state index >= 15 is 0 Å². The molecule has 1 spiro atoms. The van der Waals surface area contributed by atoms with Gasteiger partial charge in [-0.3, -0.25) is 4.99 Å². The molecule has 0 amide bonds. The summed E-state index contributed by atoms with van der Waals surface area (Å²) in [6, 6.07) is 10.7. The average molecular weight is 394 g/mol. The predicted octanol–water partition coefficient (Wildman–Crippen LogP) is 3.23. The highest BCUT2D eigenvalue weighted by molar-refractivity contribution is 5.80. The molecule has 6 heteroatoms. The van der Waals surface area contributed by atoms with Crippen LogP contribution in [0.25, 0.3) is 5.69 Å². The summed E-state index contributed by atoms with van der Waals surface area (Å²) in [4.78, 5) is 7.04. The van der Waals surface area contributed by atoms with Crippen LogP contribution >= 0.6 is 0 Å². The van der Waals surface area contributed by atoms with Crippen LogP contribution in [0, 0.1) is 11.3 Å². The Kier molecular flexibility index (Phi) is 4.82. The number of nitrogens with one attached hydrogen (secondary N) is 1. The van der Waals surface area contributed by atoms with E-state index in [1.807, 2.05) is 29.1 Å². The van der Waals surface area contributed by atoms with Crippen LogP contribution in [-0.4, -0.2) is 53.0 Å². The molecule has 2 heterocycles. The van der Waals surface area contributed by atoms with E-state index in [-0.39, 0.29) is 0 Å². The summed E-state index contributed by atoms with van der Waals surface area (Å²) in [6.45, 7) is 4.58. The van der Waals surface area contributed by atoms with Gasteiger partial charge in [0.1, 0.15) is 0 Å². The average Bonchev–Trinajstić information content (AvgIpc) is 3.33. The Morgan fingerprint density at radius 2 is 2.17 bits per heavy atom. The van der Waals surface area contributed by atoms with Crippen molar-refractivity contribution in [3.63, 3.8) is 0 Å². The normalized spacial score (nSPS) is 27.2. The highest BCUT2D eigenvalue weighted by Gasteiger charge is 2.66. The number of aliphatic imine (C=N–C) groups is 1. The van der Waals surface area contributed by atoms with Gasteiger partial charge in [-0.1, -0.05) is 24.6 Å². The van der Waals surface area contributed by atoms with Crippen LogP contribution < -0.4 is 5.32 Å². The molecule has 2 aromatic rings. The molecule has 0 bridgehead atoms. The Bertz CT molecular complexity index is 872. The lowest BCUT2D eigenvalue weighted by Gasteiger charge is -2.63. The summed E-state index contributed by atoms with van der Waals surface area (Å²) >= 11 is 0. The first-order chi connectivity index (χ1) is 14.2. The van der Waals surface area contributed by atoms with Gasteiger partial charge in [-0.05, 0) is 38.3 Å². The van der Waals surface area contributed by atoms with Gasteiger partial charge in [-0.25, -0.2) is 4.68 Å². The van der Waals surface area contributed by atoms with Crippen molar-refractivity contribution in [3.8, 4) is 5.69 Å². The van der Waals surface area contributed by atoms with Crippen molar-refractivity contribution >= 4 is 5.96 Å². The second-order valence-electron chi connectivity index (χ2n) is 8.74. The molecule has 1 N–H and O–H groups in total. The number of benzene rings is 1. The molecule has 1 aliphatic heterocycles. The molecular formula is C23H31N5O. The molecule has 5 rings (SSSR count). The van der Waals surface area contributed by atoms with Crippen molar-refractivity contribution < 1.29 is 4.74 Å². The highest BCUT2D eigenvalue weighted by Crippen LogP contribution is 2.62. The number of aromatic nitrogens is 2.